The van der Waals surface area contributed by atoms with E-state index in [1.165, 1.54) is 0 Å². The summed E-state index contributed by atoms with van der Waals surface area (Å²) in [4.78, 5) is 10.9. The Balaban J connectivity index is 2.46. The first kappa shape index (κ1) is 9.24. The standard InChI is InChI=1S/C10H13NO3/c1-5(2)7-8(10(12)13)11-14-9(7)6-3-4-6/h5-6H,3-4H2,1-2H3,(H,12,13). The molecule has 1 aliphatic rings. The van der Waals surface area contributed by atoms with Crippen molar-refractivity contribution >= 4 is 5.97 Å². The van der Waals surface area contributed by atoms with Crippen LogP contribution in [0.5, 0.6) is 0 Å². The second-order valence-corrected chi connectivity index (χ2v) is 4.04. The van der Waals surface area contributed by atoms with Gasteiger partial charge in [-0.05, 0) is 18.8 Å². The average Bonchev–Trinajstić information content (AvgIpc) is 2.83. The van der Waals surface area contributed by atoms with Gasteiger partial charge in [0.25, 0.3) is 0 Å². The summed E-state index contributed by atoms with van der Waals surface area (Å²) in [5.41, 5.74) is 0.863. The lowest BCUT2D eigenvalue weighted by Crippen LogP contribution is -2.03. The van der Waals surface area contributed by atoms with Gasteiger partial charge in [-0.3, -0.25) is 0 Å². The van der Waals surface area contributed by atoms with Crippen molar-refractivity contribution in [3.63, 3.8) is 0 Å². The Hall–Kier alpha value is -1.32. The lowest BCUT2D eigenvalue weighted by Gasteiger charge is -2.03. The van der Waals surface area contributed by atoms with Crippen molar-refractivity contribution in [2.45, 2.75) is 38.5 Å². The molecule has 0 amide bonds. The number of hydrogen-bond donors (Lipinski definition) is 1. The van der Waals surface area contributed by atoms with Crippen molar-refractivity contribution in [3.8, 4) is 0 Å². The van der Waals surface area contributed by atoms with Crippen LogP contribution >= 0.6 is 0 Å². The van der Waals surface area contributed by atoms with E-state index in [0.717, 1.165) is 24.2 Å². The number of hydrogen-bond acceptors (Lipinski definition) is 3. The monoisotopic (exact) mass is 195 g/mol. The summed E-state index contributed by atoms with van der Waals surface area (Å²) < 4.78 is 5.11. The Morgan fingerprint density at radius 3 is 2.64 bits per heavy atom. The molecule has 1 aromatic rings. The van der Waals surface area contributed by atoms with Crippen molar-refractivity contribution in [3.05, 3.63) is 17.0 Å². The Labute approximate surface area is 81.9 Å². The number of aromatic carboxylic acids is 1. The summed E-state index contributed by atoms with van der Waals surface area (Å²) >= 11 is 0. The quantitative estimate of drug-likeness (QED) is 0.804. The third kappa shape index (κ3) is 1.41. The second kappa shape index (κ2) is 3.12. The minimum atomic E-state index is -0.996. The topological polar surface area (TPSA) is 63.3 Å². The van der Waals surface area contributed by atoms with Crippen LogP contribution in [0, 0.1) is 0 Å². The molecule has 1 heterocycles. The molecular weight excluding hydrogens is 182 g/mol. The maximum Gasteiger partial charge on any atom is 0.358 e. The summed E-state index contributed by atoms with van der Waals surface area (Å²) in [5.74, 6) is 0.359. The molecule has 1 saturated carbocycles. The van der Waals surface area contributed by atoms with Crippen molar-refractivity contribution in [2.24, 2.45) is 0 Å². The van der Waals surface area contributed by atoms with Gasteiger partial charge in [-0.1, -0.05) is 19.0 Å². The summed E-state index contributed by atoms with van der Waals surface area (Å²) in [6.45, 7) is 3.93. The highest BCUT2D eigenvalue weighted by Crippen LogP contribution is 2.44. The van der Waals surface area contributed by atoms with E-state index >= 15 is 0 Å². The first-order valence-corrected chi connectivity index (χ1v) is 4.84. The molecule has 1 N–H and O–H groups in total. The van der Waals surface area contributed by atoms with Gasteiger partial charge in [-0.15, -0.1) is 0 Å². The van der Waals surface area contributed by atoms with E-state index in [9.17, 15) is 4.79 Å². The number of aromatic nitrogens is 1. The van der Waals surface area contributed by atoms with E-state index in [-0.39, 0.29) is 11.6 Å². The zero-order chi connectivity index (χ0) is 10.3. The van der Waals surface area contributed by atoms with Crippen LogP contribution in [-0.2, 0) is 0 Å². The van der Waals surface area contributed by atoms with E-state index in [2.05, 4.69) is 5.16 Å². The maximum absolute atomic E-state index is 10.9. The molecule has 2 rings (SSSR count). The van der Waals surface area contributed by atoms with Gasteiger partial charge in [-0.25, -0.2) is 4.79 Å². The van der Waals surface area contributed by atoms with E-state index in [4.69, 9.17) is 9.63 Å². The molecular formula is C10H13NO3. The smallest absolute Gasteiger partial charge is 0.358 e. The van der Waals surface area contributed by atoms with Crippen LogP contribution in [-0.4, -0.2) is 16.2 Å². The highest BCUT2D eigenvalue weighted by molar-refractivity contribution is 5.87. The Morgan fingerprint density at radius 2 is 2.21 bits per heavy atom. The first-order valence-electron chi connectivity index (χ1n) is 4.84. The Bertz CT molecular complexity index is 363. The van der Waals surface area contributed by atoms with E-state index < -0.39 is 5.97 Å². The lowest BCUT2D eigenvalue weighted by molar-refractivity contribution is 0.0684. The second-order valence-electron chi connectivity index (χ2n) is 4.04. The summed E-state index contributed by atoms with van der Waals surface area (Å²) in [5, 5.41) is 12.5. The highest BCUT2D eigenvalue weighted by Gasteiger charge is 2.34. The van der Waals surface area contributed by atoms with Gasteiger partial charge >= 0.3 is 5.97 Å². The molecule has 0 unspecified atom stereocenters. The lowest BCUT2D eigenvalue weighted by atomic mass is 9.99. The largest absolute Gasteiger partial charge is 0.476 e. The van der Waals surface area contributed by atoms with Crippen LogP contribution in [0.4, 0.5) is 0 Å². The van der Waals surface area contributed by atoms with Gasteiger partial charge in [0.05, 0.1) is 0 Å². The maximum atomic E-state index is 10.9. The Kier molecular flexibility index (Phi) is 2.06. The average molecular weight is 195 g/mol. The summed E-state index contributed by atoms with van der Waals surface area (Å²) in [6, 6.07) is 0. The van der Waals surface area contributed by atoms with Gasteiger partial charge in [-0.2, -0.15) is 0 Å². The molecule has 0 atom stereocenters. The molecule has 14 heavy (non-hydrogen) atoms. The predicted octanol–water partition coefficient (Wildman–Crippen LogP) is 2.37. The first-order chi connectivity index (χ1) is 6.61. The molecule has 0 bridgehead atoms. The number of rotatable bonds is 3. The molecule has 1 aromatic heterocycles. The van der Waals surface area contributed by atoms with Crippen LogP contribution in [0.1, 0.15) is 60.3 Å². The van der Waals surface area contributed by atoms with Gasteiger partial charge in [0.1, 0.15) is 5.76 Å². The number of carboxylic acid groups (broad SMARTS) is 1. The van der Waals surface area contributed by atoms with Crippen molar-refractivity contribution < 1.29 is 14.4 Å². The van der Waals surface area contributed by atoms with Gasteiger partial charge < -0.3 is 9.63 Å². The molecule has 1 fully saturated rings. The fourth-order valence-electron chi connectivity index (χ4n) is 1.66. The van der Waals surface area contributed by atoms with Crippen molar-refractivity contribution in [1.29, 1.82) is 0 Å². The molecule has 1 aliphatic carbocycles. The minimum Gasteiger partial charge on any atom is -0.476 e. The molecule has 0 spiro atoms. The van der Waals surface area contributed by atoms with Crippen molar-refractivity contribution in [1.82, 2.24) is 5.16 Å². The van der Waals surface area contributed by atoms with Gasteiger partial charge in [0, 0.05) is 11.5 Å². The van der Waals surface area contributed by atoms with Crippen LogP contribution in [0.2, 0.25) is 0 Å². The van der Waals surface area contributed by atoms with E-state index in [1.54, 1.807) is 0 Å². The zero-order valence-corrected chi connectivity index (χ0v) is 8.28. The molecule has 0 aromatic carbocycles. The molecule has 4 nitrogen and oxygen atoms in total. The molecule has 0 radical (unpaired) electrons. The molecule has 0 aliphatic heterocycles. The molecule has 0 saturated heterocycles. The Morgan fingerprint density at radius 1 is 1.57 bits per heavy atom. The minimum absolute atomic E-state index is 0.0851. The third-order valence-corrected chi connectivity index (χ3v) is 2.48. The third-order valence-electron chi connectivity index (χ3n) is 2.48. The van der Waals surface area contributed by atoms with Crippen molar-refractivity contribution in [2.75, 3.05) is 0 Å². The van der Waals surface area contributed by atoms with Crippen LogP contribution < -0.4 is 0 Å². The number of carbonyl (C=O) groups is 1. The summed E-state index contributed by atoms with van der Waals surface area (Å²) in [6.07, 6.45) is 2.18. The molecule has 4 heteroatoms. The van der Waals surface area contributed by atoms with E-state index in [1.807, 2.05) is 13.8 Å². The normalized spacial score (nSPS) is 16.2. The predicted molar refractivity (Wildman–Crippen MR) is 49.5 cm³/mol. The zero-order valence-electron chi connectivity index (χ0n) is 8.28. The van der Waals surface area contributed by atoms with Gasteiger partial charge in [0.2, 0.25) is 0 Å². The number of carboxylic acids is 1. The molecule has 76 valence electrons. The fraction of sp³-hybridized carbons (Fsp3) is 0.600. The van der Waals surface area contributed by atoms with Gasteiger partial charge in [0.15, 0.2) is 5.69 Å². The van der Waals surface area contributed by atoms with Crippen LogP contribution in [0.15, 0.2) is 4.52 Å². The highest BCUT2D eigenvalue weighted by atomic mass is 16.5. The van der Waals surface area contributed by atoms with Crippen LogP contribution in [0.25, 0.3) is 0 Å². The van der Waals surface area contributed by atoms with Crippen LogP contribution in [0.3, 0.4) is 0 Å². The summed E-state index contributed by atoms with van der Waals surface area (Å²) in [7, 11) is 0. The number of nitrogens with zero attached hydrogens (tertiary/aromatic N) is 1. The van der Waals surface area contributed by atoms with E-state index in [0.29, 0.717) is 5.92 Å². The SMILES string of the molecule is CC(C)c1c(C(=O)O)noc1C1CC1. The fourth-order valence-corrected chi connectivity index (χ4v) is 1.66.